The molecule has 6 atom stereocenters. The molecule has 2 fully saturated rings. The SMILES string of the molecule is C=C1CO[C@@]2(O)C[C@@H](C)[C@@H]3CC=C(CO)[C@H](O)[C@H]3[C@@]12O. The van der Waals surface area contributed by atoms with Crippen LogP contribution in [0.15, 0.2) is 23.8 Å². The van der Waals surface area contributed by atoms with Crippen LogP contribution in [0.4, 0.5) is 0 Å². The van der Waals surface area contributed by atoms with Gasteiger partial charge in [0.15, 0.2) is 5.79 Å². The van der Waals surface area contributed by atoms with Gasteiger partial charge >= 0.3 is 0 Å². The lowest BCUT2D eigenvalue weighted by Crippen LogP contribution is -2.67. The molecule has 1 aliphatic heterocycles. The van der Waals surface area contributed by atoms with Crippen molar-refractivity contribution in [2.45, 2.75) is 37.3 Å². The fraction of sp³-hybridized carbons (Fsp3) is 0.733. The van der Waals surface area contributed by atoms with Crippen LogP contribution in [0.25, 0.3) is 0 Å². The van der Waals surface area contributed by atoms with Crippen LogP contribution in [0.2, 0.25) is 0 Å². The molecule has 1 heterocycles. The molecule has 3 aliphatic rings. The van der Waals surface area contributed by atoms with Crippen LogP contribution in [0.3, 0.4) is 0 Å². The molecule has 0 bridgehead atoms. The lowest BCUT2D eigenvalue weighted by atomic mass is 9.55. The highest BCUT2D eigenvalue weighted by Crippen LogP contribution is 2.57. The quantitative estimate of drug-likeness (QED) is 0.506. The number of ether oxygens (including phenoxy) is 1. The summed E-state index contributed by atoms with van der Waals surface area (Å²) in [4.78, 5) is 0. The van der Waals surface area contributed by atoms with Crippen molar-refractivity contribution in [1.82, 2.24) is 0 Å². The largest absolute Gasteiger partial charge is 0.392 e. The highest BCUT2D eigenvalue weighted by Gasteiger charge is 2.68. The average Bonchev–Trinajstić information content (AvgIpc) is 2.63. The zero-order valence-corrected chi connectivity index (χ0v) is 11.6. The Labute approximate surface area is 118 Å². The number of aliphatic hydroxyl groups excluding tert-OH is 2. The number of hydrogen-bond donors (Lipinski definition) is 4. The highest BCUT2D eigenvalue weighted by molar-refractivity contribution is 5.33. The summed E-state index contributed by atoms with van der Waals surface area (Å²) in [6.07, 6.45) is 1.84. The van der Waals surface area contributed by atoms with Crippen molar-refractivity contribution in [2.24, 2.45) is 17.8 Å². The van der Waals surface area contributed by atoms with Gasteiger partial charge in [0.25, 0.3) is 0 Å². The Morgan fingerprint density at radius 2 is 2.15 bits per heavy atom. The molecule has 112 valence electrons. The topological polar surface area (TPSA) is 90.2 Å². The van der Waals surface area contributed by atoms with Gasteiger partial charge in [-0.25, -0.2) is 0 Å². The maximum atomic E-state index is 11.1. The first-order chi connectivity index (χ1) is 9.35. The van der Waals surface area contributed by atoms with Crippen molar-refractivity contribution in [1.29, 1.82) is 0 Å². The predicted molar refractivity (Wildman–Crippen MR) is 71.5 cm³/mol. The second kappa shape index (κ2) is 4.39. The van der Waals surface area contributed by atoms with E-state index in [0.29, 0.717) is 24.0 Å². The number of allylic oxidation sites excluding steroid dienone is 1. The number of rotatable bonds is 1. The van der Waals surface area contributed by atoms with Crippen molar-refractivity contribution in [3.63, 3.8) is 0 Å². The predicted octanol–water partition coefficient (Wildman–Crippen LogP) is -0.0520. The summed E-state index contributed by atoms with van der Waals surface area (Å²) in [7, 11) is 0. The molecule has 1 saturated carbocycles. The highest BCUT2D eigenvalue weighted by atomic mass is 16.6. The van der Waals surface area contributed by atoms with Gasteiger partial charge in [0.1, 0.15) is 5.60 Å². The monoisotopic (exact) mass is 282 g/mol. The summed E-state index contributed by atoms with van der Waals surface area (Å²) in [6.45, 7) is 5.66. The number of aliphatic hydroxyl groups is 4. The van der Waals surface area contributed by atoms with E-state index in [2.05, 4.69) is 6.58 Å². The Balaban J connectivity index is 2.10. The molecule has 0 radical (unpaired) electrons. The first kappa shape index (κ1) is 14.2. The van der Waals surface area contributed by atoms with Gasteiger partial charge in [-0.2, -0.15) is 0 Å². The minimum Gasteiger partial charge on any atom is -0.392 e. The third-order valence-corrected chi connectivity index (χ3v) is 5.45. The Morgan fingerprint density at radius 1 is 1.45 bits per heavy atom. The Hall–Kier alpha value is -0.720. The molecule has 4 N–H and O–H groups in total. The van der Waals surface area contributed by atoms with E-state index in [1.807, 2.05) is 13.0 Å². The molecule has 5 nitrogen and oxygen atoms in total. The Morgan fingerprint density at radius 3 is 2.80 bits per heavy atom. The van der Waals surface area contributed by atoms with E-state index < -0.39 is 23.4 Å². The van der Waals surface area contributed by atoms with Crippen LogP contribution in [-0.4, -0.2) is 51.1 Å². The van der Waals surface area contributed by atoms with Gasteiger partial charge in [0.2, 0.25) is 0 Å². The molecule has 0 aromatic rings. The summed E-state index contributed by atoms with van der Waals surface area (Å²) in [6, 6.07) is 0. The molecule has 0 aromatic heterocycles. The molecule has 2 aliphatic carbocycles. The van der Waals surface area contributed by atoms with Gasteiger partial charge in [-0.1, -0.05) is 19.6 Å². The van der Waals surface area contributed by atoms with Gasteiger partial charge < -0.3 is 25.2 Å². The Kier molecular flexibility index (Phi) is 3.12. The minimum atomic E-state index is -1.69. The summed E-state index contributed by atoms with van der Waals surface area (Å²) in [5, 5.41) is 41.7. The molecule has 0 amide bonds. The number of fused-ring (bicyclic) bond motifs is 3. The van der Waals surface area contributed by atoms with Crippen LogP contribution in [0.1, 0.15) is 19.8 Å². The standard InChI is InChI=1S/C15H22O5/c1-8-5-14(18)15(19,9(2)7-20-14)12-11(8)4-3-10(6-16)13(12)17/h3,8,11-13,16-19H,2,4-7H2,1H3/t8-,11+,12+,13+,14+,15+/m1/s1. The van der Waals surface area contributed by atoms with Crippen molar-refractivity contribution >= 4 is 0 Å². The molecule has 20 heavy (non-hydrogen) atoms. The van der Waals surface area contributed by atoms with Gasteiger partial charge in [0.05, 0.1) is 19.3 Å². The third-order valence-electron chi connectivity index (χ3n) is 5.45. The molecule has 0 aromatic carbocycles. The molecule has 0 unspecified atom stereocenters. The molecule has 1 saturated heterocycles. The summed E-state index contributed by atoms with van der Waals surface area (Å²) >= 11 is 0. The van der Waals surface area contributed by atoms with Crippen molar-refractivity contribution in [3.05, 3.63) is 23.8 Å². The molecular weight excluding hydrogens is 260 g/mol. The molecular formula is C15H22O5. The maximum Gasteiger partial charge on any atom is 0.199 e. The number of hydrogen-bond acceptors (Lipinski definition) is 5. The van der Waals surface area contributed by atoms with Crippen molar-refractivity contribution in [3.8, 4) is 0 Å². The summed E-state index contributed by atoms with van der Waals surface area (Å²) < 4.78 is 5.41. The van der Waals surface area contributed by atoms with Gasteiger partial charge in [0, 0.05) is 12.3 Å². The van der Waals surface area contributed by atoms with Crippen LogP contribution in [0.5, 0.6) is 0 Å². The van der Waals surface area contributed by atoms with Crippen LogP contribution < -0.4 is 0 Å². The second-order valence-electron chi connectivity index (χ2n) is 6.43. The van der Waals surface area contributed by atoms with E-state index in [1.54, 1.807) is 0 Å². The van der Waals surface area contributed by atoms with E-state index >= 15 is 0 Å². The van der Waals surface area contributed by atoms with E-state index in [4.69, 9.17) is 4.74 Å². The smallest absolute Gasteiger partial charge is 0.199 e. The molecule has 5 heteroatoms. The summed E-state index contributed by atoms with van der Waals surface area (Å²) in [5.41, 5.74) is -0.755. The maximum absolute atomic E-state index is 11.1. The van der Waals surface area contributed by atoms with E-state index in [0.717, 1.165) is 0 Å². The zero-order valence-electron chi connectivity index (χ0n) is 11.6. The fourth-order valence-electron chi connectivity index (χ4n) is 4.30. The summed E-state index contributed by atoms with van der Waals surface area (Å²) in [5.74, 6) is -2.16. The van der Waals surface area contributed by atoms with Crippen LogP contribution in [-0.2, 0) is 4.74 Å². The van der Waals surface area contributed by atoms with E-state index in [-0.39, 0.29) is 25.0 Å². The first-order valence-electron chi connectivity index (χ1n) is 7.10. The van der Waals surface area contributed by atoms with Gasteiger partial charge in [-0.15, -0.1) is 0 Å². The van der Waals surface area contributed by atoms with E-state index in [9.17, 15) is 20.4 Å². The van der Waals surface area contributed by atoms with Crippen molar-refractivity contribution in [2.75, 3.05) is 13.2 Å². The minimum absolute atomic E-state index is 0.0315. The zero-order chi connectivity index (χ0) is 14.7. The van der Waals surface area contributed by atoms with E-state index in [1.165, 1.54) is 0 Å². The van der Waals surface area contributed by atoms with Gasteiger partial charge in [-0.3, -0.25) is 0 Å². The average molecular weight is 282 g/mol. The van der Waals surface area contributed by atoms with Crippen LogP contribution >= 0.6 is 0 Å². The van der Waals surface area contributed by atoms with Crippen LogP contribution in [0, 0.1) is 17.8 Å². The second-order valence-corrected chi connectivity index (χ2v) is 6.43. The lowest BCUT2D eigenvalue weighted by molar-refractivity contribution is -0.307. The van der Waals surface area contributed by atoms with Crippen molar-refractivity contribution < 1.29 is 25.2 Å². The first-order valence-corrected chi connectivity index (χ1v) is 7.10. The fourth-order valence-corrected chi connectivity index (χ4v) is 4.30. The Bertz CT molecular complexity index is 473. The molecule has 0 spiro atoms. The van der Waals surface area contributed by atoms with Gasteiger partial charge in [-0.05, 0) is 29.4 Å². The molecule has 3 rings (SSSR count). The lowest BCUT2D eigenvalue weighted by Gasteiger charge is -2.55. The normalized spacial score (nSPS) is 51.5. The third kappa shape index (κ3) is 1.55.